The molecule has 1 aliphatic rings. The van der Waals surface area contributed by atoms with E-state index < -0.39 is 12.0 Å². The first-order valence-corrected chi connectivity index (χ1v) is 13.8. The van der Waals surface area contributed by atoms with Crippen molar-refractivity contribution in [1.29, 1.82) is 0 Å². The Balaban J connectivity index is 1.23. The van der Waals surface area contributed by atoms with E-state index in [2.05, 4.69) is 27.3 Å². The van der Waals surface area contributed by atoms with Crippen LogP contribution in [-0.2, 0) is 22.5 Å². The third-order valence-electron chi connectivity index (χ3n) is 6.77. The van der Waals surface area contributed by atoms with Crippen LogP contribution in [0.25, 0.3) is 0 Å². The minimum absolute atomic E-state index is 0.442. The fourth-order valence-corrected chi connectivity index (χ4v) is 4.43. The molecule has 0 radical (unpaired) electrons. The lowest BCUT2D eigenvalue weighted by atomic mass is 10.1. The highest BCUT2D eigenvalue weighted by Gasteiger charge is 2.19. The molecule has 0 fully saturated rings. The Morgan fingerprint density at radius 2 is 1.95 bits per heavy atom. The Labute approximate surface area is 230 Å². The third kappa shape index (κ3) is 9.23. The van der Waals surface area contributed by atoms with Crippen molar-refractivity contribution in [3.8, 4) is 11.6 Å². The number of nitrogens with one attached hydrogen (secondary N) is 1. The molecule has 9 heteroatoms. The van der Waals surface area contributed by atoms with Crippen LogP contribution in [0.1, 0.15) is 42.5 Å². The van der Waals surface area contributed by atoms with Gasteiger partial charge in [0.25, 0.3) is 0 Å². The largest absolute Gasteiger partial charge is 0.476 e. The maximum atomic E-state index is 12.4. The van der Waals surface area contributed by atoms with Gasteiger partial charge in [-0.3, -0.25) is 9.79 Å². The summed E-state index contributed by atoms with van der Waals surface area (Å²) in [6.07, 6.45) is 7.34. The van der Waals surface area contributed by atoms with Crippen LogP contribution in [0, 0.1) is 6.92 Å². The van der Waals surface area contributed by atoms with E-state index >= 15 is 0 Å². The van der Waals surface area contributed by atoms with Gasteiger partial charge in [-0.25, -0.2) is 19.7 Å². The summed E-state index contributed by atoms with van der Waals surface area (Å²) < 4.78 is 5.81. The molecule has 0 spiro atoms. The monoisotopic (exact) mass is 533 g/mol. The van der Waals surface area contributed by atoms with Crippen LogP contribution in [0.3, 0.4) is 0 Å². The van der Waals surface area contributed by atoms with E-state index in [-0.39, 0.29) is 0 Å². The molecule has 1 aromatic carbocycles. The Morgan fingerprint density at radius 3 is 2.79 bits per heavy atom. The Morgan fingerprint density at radius 1 is 1.08 bits per heavy atom. The fourth-order valence-electron chi connectivity index (χ4n) is 4.43. The number of carbonyl (C=O) groups is 1. The van der Waals surface area contributed by atoms with Crippen molar-refractivity contribution in [1.82, 2.24) is 14.9 Å². The van der Waals surface area contributed by atoms with Crippen molar-refractivity contribution < 1.29 is 19.3 Å². The Bertz CT molecular complexity index is 1180. The van der Waals surface area contributed by atoms with Crippen LogP contribution >= 0.6 is 0 Å². The van der Waals surface area contributed by atoms with Gasteiger partial charge in [-0.15, -0.1) is 0 Å². The van der Waals surface area contributed by atoms with Gasteiger partial charge in [-0.05, 0) is 81.3 Å². The zero-order valence-electron chi connectivity index (χ0n) is 22.7. The van der Waals surface area contributed by atoms with Crippen LogP contribution < -0.4 is 20.7 Å². The van der Waals surface area contributed by atoms with Crippen LogP contribution in [-0.4, -0.2) is 59.7 Å². The zero-order valence-corrected chi connectivity index (χ0v) is 22.7. The number of para-hydroxylation sites is 1. The summed E-state index contributed by atoms with van der Waals surface area (Å²) in [7, 11) is 0. The standard InChI is InChI=1S/C30H39N5O4/c1-23-9-2-3-12-27(23)38-39-30(36)26(31)16-20-35(21-22-37-28-13-4-6-17-32-28)19-7-5-11-25-15-14-24-10-8-18-33-29(24)34-25/h2-4,6,9,12-15,17,26H,5,7-8,10-11,16,18-22,31H2,1H3,(H,33,34)/t26-/m0/s1. The molecule has 3 heterocycles. The summed E-state index contributed by atoms with van der Waals surface area (Å²) in [5.74, 6) is 1.54. The van der Waals surface area contributed by atoms with Gasteiger partial charge in [-0.1, -0.05) is 30.3 Å². The molecule has 0 saturated carbocycles. The van der Waals surface area contributed by atoms with Gasteiger partial charge in [-0.2, -0.15) is 0 Å². The molecular formula is C30H39N5O4. The first-order chi connectivity index (χ1) is 19.1. The average molecular weight is 534 g/mol. The summed E-state index contributed by atoms with van der Waals surface area (Å²) in [5, 5.41) is 3.41. The van der Waals surface area contributed by atoms with Crippen LogP contribution in [0.15, 0.2) is 60.8 Å². The quantitative estimate of drug-likeness (QED) is 0.169. The number of benzene rings is 1. The molecule has 2 aromatic heterocycles. The molecule has 9 nitrogen and oxygen atoms in total. The number of hydrogen-bond acceptors (Lipinski definition) is 9. The number of carbonyl (C=O) groups excluding carboxylic acids is 1. The second kappa shape index (κ2) is 15.0. The highest BCUT2D eigenvalue weighted by molar-refractivity contribution is 5.75. The first kappa shape index (κ1) is 28.3. The highest BCUT2D eigenvalue weighted by Crippen LogP contribution is 2.20. The summed E-state index contributed by atoms with van der Waals surface area (Å²) in [4.78, 5) is 33.9. The van der Waals surface area contributed by atoms with E-state index in [1.807, 2.05) is 43.3 Å². The molecule has 3 aromatic rings. The first-order valence-electron chi connectivity index (χ1n) is 13.8. The molecule has 39 heavy (non-hydrogen) atoms. The molecule has 1 atom stereocenters. The molecule has 4 rings (SSSR count). The lowest BCUT2D eigenvalue weighted by Gasteiger charge is -2.23. The van der Waals surface area contributed by atoms with Gasteiger partial charge in [0.2, 0.25) is 5.88 Å². The van der Waals surface area contributed by atoms with Gasteiger partial charge >= 0.3 is 5.97 Å². The number of aromatic nitrogens is 2. The lowest BCUT2D eigenvalue weighted by Crippen LogP contribution is -2.39. The SMILES string of the molecule is Cc1ccccc1OOC(=O)[C@@H](N)CCN(CCCCc1ccc2c(n1)NCCC2)CCOc1ccccn1. The lowest BCUT2D eigenvalue weighted by molar-refractivity contribution is -0.215. The molecule has 0 amide bonds. The minimum Gasteiger partial charge on any atom is -0.476 e. The van der Waals surface area contributed by atoms with Gasteiger partial charge in [0.05, 0.1) is 0 Å². The smallest absolute Gasteiger partial charge is 0.371 e. The van der Waals surface area contributed by atoms with E-state index in [0.29, 0.717) is 37.7 Å². The molecule has 0 bridgehead atoms. The number of hydrogen-bond donors (Lipinski definition) is 2. The van der Waals surface area contributed by atoms with Gasteiger partial charge in [0.1, 0.15) is 18.5 Å². The average Bonchev–Trinajstić information content (AvgIpc) is 2.97. The maximum Gasteiger partial charge on any atom is 0.371 e. The molecule has 0 unspecified atom stereocenters. The van der Waals surface area contributed by atoms with Crippen molar-refractivity contribution in [2.75, 3.05) is 38.1 Å². The molecule has 0 saturated heterocycles. The second-order valence-corrected chi connectivity index (χ2v) is 9.80. The number of nitrogens with zero attached hydrogens (tertiary/aromatic N) is 3. The predicted octanol–water partition coefficient (Wildman–Crippen LogP) is 4.10. The number of pyridine rings is 2. The van der Waals surface area contributed by atoms with Crippen LogP contribution in [0.5, 0.6) is 11.6 Å². The number of aryl methyl sites for hydroxylation is 3. The van der Waals surface area contributed by atoms with Gasteiger partial charge in [0.15, 0.2) is 5.75 Å². The van der Waals surface area contributed by atoms with Crippen LogP contribution in [0.2, 0.25) is 0 Å². The second-order valence-electron chi connectivity index (χ2n) is 9.80. The molecule has 0 aliphatic carbocycles. The van der Waals surface area contributed by atoms with E-state index in [1.165, 1.54) is 5.56 Å². The van der Waals surface area contributed by atoms with Crippen molar-refractivity contribution in [3.63, 3.8) is 0 Å². The number of nitrogens with two attached hydrogens (primary N) is 1. The van der Waals surface area contributed by atoms with Crippen molar-refractivity contribution in [2.24, 2.45) is 5.73 Å². The fraction of sp³-hybridized carbons (Fsp3) is 0.433. The Hall–Kier alpha value is -3.69. The predicted molar refractivity (Wildman–Crippen MR) is 151 cm³/mol. The number of rotatable bonds is 15. The van der Waals surface area contributed by atoms with E-state index in [0.717, 1.165) is 62.3 Å². The number of ether oxygens (including phenoxy) is 1. The maximum absolute atomic E-state index is 12.4. The summed E-state index contributed by atoms with van der Waals surface area (Å²) >= 11 is 0. The normalized spacial score (nSPS) is 13.3. The summed E-state index contributed by atoms with van der Waals surface area (Å²) in [6.45, 7) is 5.55. The third-order valence-corrected chi connectivity index (χ3v) is 6.77. The number of fused-ring (bicyclic) bond motifs is 1. The van der Waals surface area contributed by atoms with E-state index in [9.17, 15) is 4.79 Å². The van der Waals surface area contributed by atoms with Crippen LogP contribution in [0.4, 0.5) is 5.82 Å². The molecule has 3 N–H and O–H groups in total. The van der Waals surface area contributed by atoms with Crippen molar-refractivity contribution in [3.05, 3.63) is 77.6 Å². The summed E-state index contributed by atoms with van der Waals surface area (Å²) in [5.41, 5.74) is 9.44. The topological polar surface area (TPSA) is 112 Å². The summed E-state index contributed by atoms with van der Waals surface area (Å²) in [6, 6.07) is 16.5. The van der Waals surface area contributed by atoms with E-state index in [4.69, 9.17) is 25.2 Å². The molecule has 208 valence electrons. The number of unbranched alkanes of at least 4 members (excludes halogenated alkanes) is 1. The zero-order chi connectivity index (χ0) is 27.3. The van der Waals surface area contributed by atoms with Crippen molar-refractivity contribution in [2.45, 2.75) is 51.5 Å². The molecule has 1 aliphatic heterocycles. The number of anilines is 1. The van der Waals surface area contributed by atoms with Gasteiger partial charge in [0, 0.05) is 37.6 Å². The van der Waals surface area contributed by atoms with E-state index in [1.54, 1.807) is 12.3 Å². The van der Waals surface area contributed by atoms with Gasteiger partial charge < -0.3 is 15.8 Å². The highest BCUT2D eigenvalue weighted by atomic mass is 17.2. The molecular weight excluding hydrogens is 494 g/mol. The Kier molecular flexibility index (Phi) is 10.9. The minimum atomic E-state index is -0.791. The van der Waals surface area contributed by atoms with Crippen molar-refractivity contribution >= 4 is 11.8 Å².